The minimum Gasteiger partial charge on any atom is -0.240 e. The van der Waals surface area contributed by atoms with Crippen molar-refractivity contribution < 1.29 is 0 Å². The lowest BCUT2D eigenvalue weighted by Crippen LogP contribution is -2.05. The van der Waals surface area contributed by atoms with E-state index in [9.17, 15) is 0 Å². The van der Waals surface area contributed by atoms with Crippen LogP contribution in [0.4, 0.5) is 0 Å². The molecule has 0 atom stereocenters. The molecule has 0 bridgehead atoms. The average molecular weight is 263 g/mol. The van der Waals surface area contributed by atoms with Crippen LogP contribution in [0.5, 0.6) is 0 Å². The lowest BCUT2D eigenvalue weighted by atomic mass is 9.92. The summed E-state index contributed by atoms with van der Waals surface area (Å²) in [7, 11) is 0. The first-order chi connectivity index (χ1) is 8.65. The van der Waals surface area contributed by atoms with E-state index in [1.165, 1.54) is 5.56 Å². The highest BCUT2D eigenvalue weighted by atomic mass is 35.5. The number of aryl methyl sites for hydroxylation is 1. The third-order valence-electron chi connectivity index (χ3n) is 3.39. The van der Waals surface area contributed by atoms with E-state index in [2.05, 4.69) is 25.0 Å². The molecule has 0 aliphatic rings. The van der Waals surface area contributed by atoms with E-state index >= 15 is 0 Å². The summed E-state index contributed by atoms with van der Waals surface area (Å²) in [4.78, 5) is 0. The van der Waals surface area contributed by atoms with Crippen LogP contribution in [0.15, 0.2) is 30.5 Å². The Morgan fingerprint density at radius 2 is 1.94 bits per heavy atom. The highest BCUT2D eigenvalue weighted by molar-refractivity contribution is 6.30. The quantitative estimate of drug-likeness (QED) is 0.778. The number of benzene rings is 1. The standard InChI is InChI=1S/C15H19ClN2/c1-4-12(5-2)14-7-6-13(16)10-15(14)18-9-8-11(3)17-18/h6-10,12H,4-5H2,1-3H3. The van der Waals surface area contributed by atoms with E-state index in [1.807, 2.05) is 36.0 Å². The van der Waals surface area contributed by atoms with Crippen LogP contribution in [0.2, 0.25) is 5.02 Å². The first-order valence-corrected chi connectivity index (χ1v) is 6.85. The van der Waals surface area contributed by atoms with Gasteiger partial charge in [0.1, 0.15) is 0 Å². The van der Waals surface area contributed by atoms with Crippen molar-refractivity contribution in [1.29, 1.82) is 0 Å². The summed E-state index contributed by atoms with van der Waals surface area (Å²) in [5, 5.41) is 5.25. The van der Waals surface area contributed by atoms with Gasteiger partial charge in [0, 0.05) is 11.2 Å². The summed E-state index contributed by atoms with van der Waals surface area (Å²) in [6.07, 6.45) is 4.25. The topological polar surface area (TPSA) is 17.8 Å². The Morgan fingerprint density at radius 1 is 1.22 bits per heavy atom. The van der Waals surface area contributed by atoms with Crippen LogP contribution < -0.4 is 0 Å². The number of aromatic nitrogens is 2. The summed E-state index contributed by atoms with van der Waals surface area (Å²) in [5.41, 5.74) is 3.45. The lowest BCUT2D eigenvalue weighted by Gasteiger charge is -2.17. The van der Waals surface area contributed by atoms with Gasteiger partial charge in [-0.05, 0) is 49.4 Å². The smallest absolute Gasteiger partial charge is 0.0695 e. The van der Waals surface area contributed by atoms with Crippen molar-refractivity contribution in [2.45, 2.75) is 39.5 Å². The Balaban J connectivity index is 2.53. The maximum absolute atomic E-state index is 6.12. The summed E-state index contributed by atoms with van der Waals surface area (Å²) in [6.45, 7) is 6.44. The highest BCUT2D eigenvalue weighted by Gasteiger charge is 2.14. The molecule has 3 heteroatoms. The van der Waals surface area contributed by atoms with Gasteiger partial charge in [-0.25, -0.2) is 4.68 Å². The minimum atomic E-state index is 0.557. The molecule has 0 saturated carbocycles. The molecule has 2 aromatic rings. The maximum Gasteiger partial charge on any atom is 0.0695 e. The third-order valence-corrected chi connectivity index (χ3v) is 3.62. The maximum atomic E-state index is 6.12. The normalized spacial score (nSPS) is 11.2. The van der Waals surface area contributed by atoms with Crippen molar-refractivity contribution in [2.24, 2.45) is 0 Å². The minimum absolute atomic E-state index is 0.557. The third kappa shape index (κ3) is 2.59. The van der Waals surface area contributed by atoms with Crippen LogP contribution in [-0.2, 0) is 0 Å². The van der Waals surface area contributed by atoms with Crippen molar-refractivity contribution in [3.8, 4) is 5.69 Å². The van der Waals surface area contributed by atoms with Gasteiger partial charge >= 0.3 is 0 Å². The largest absolute Gasteiger partial charge is 0.240 e. The molecule has 0 aliphatic heterocycles. The Hall–Kier alpha value is -1.28. The molecule has 0 N–H and O–H groups in total. The van der Waals surface area contributed by atoms with Crippen molar-refractivity contribution in [1.82, 2.24) is 9.78 Å². The molecule has 0 aliphatic carbocycles. The molecular formula is C15H19ClN2. The summed E-state index contributed by atoms with van der Waals surface area (Å²) in [5.74, 6) is 0.557. The Kier molecular flexibility index (Phi) is 4.07. The van der Waals surface area contributed by atoms with E-state index in [1.54, 1.807) is 0 Å². The van der Waals surface area contributed by atoms with Crippen LogP contribution in [-0.4, -0.2) is 9.78 Å². The second kappa shape index (κ2) is 5.57. The molecule has 96 valence electrons. The molecule has 0 radical (unpaired) electrons. The molecule has 1 aromatic heterocycles. The van der Waals surface area contributed by atoms with Crippen LogP contribution >= 0.6 is 11.6 Å². The number of hydrogen-bond donors (Lipinski definition) is 0. The Bertz CT molecular complexity index is 527. The number of halogens is 1. The van der Waals surface area contributed by atoms with Crippen LogP contribution in [0.3, 0.4) is 0 Å². The number of nitrogens with zero attached hydrogens (tertiary/aromatic N) is 2. The van der Waals surface area contributed by atoms with E-state index in [4.69, 9.17) is 11.6 Å². The fraction of sp³-hybridized carbons (Fsp3) is 0.400. The van der Waals surface area contributed by atoms with E-state index in [-0.39, 0.29) is 0 Å². The fourth-order valence-electron chi connectivity index (χ4n) is 2.34. The van der Waals surface area contributed by atoms with Gasteiger partial charge < -0.3 is 0 Å². The summed E-state index contributed by atoms with van der Waals surface area (Å²) < 4.78 is 1.93. The van der Waals surface area contributed by atoms with Crippen LogP contribution in [0, 0.1) is 6.92 Å². The van der Waals surface area contributed by atoms with Crippen LogP contribution in [0.1, 0.15) is 43.9 Å². The van der Waals surface area contributed by atoms with E-state index in [0.717, 1.165) is 29.2 Å². The van der Waals surface area contributed by atoms with Gasteiger partial charge in [-0.3, -0.25) is 0 Å². The molecule has 18 heavy (non-hydrogen) atoms. The van der Waals surface area contributed by atoms with Crippen molar-refractivity contribution in [3.05, 3.63) is 46.7 Å². The van der Waals surface area contributed by atoms with Gasteiger partial charge in [0.05, 0.1) is 11.4 Å². The predicted molar refractivity (Wildman–Crippen MR) is 76.6 cm³/mol. The van der Waals surface area contributed by atoms with Gasteiger partial charge in [0.15, 0.2) is 0 Å². The van der Waals surface area contributed by atoms with Gasteiger partial charge in [-0.1, -0.05) is 31.5 Å². The molecule has 0 amide bonds. The SMILES string of the molecule is CCC(CC)c1ccc(Cl)cc1-n1ccc(C)n1. The zero-order chi connectivity index (χ0) is 13.1. The van der Waals surface area contributed by atoms with Crippen molar-refractivity contribution in [2.75, 3.05) is 0 Å². The number of rotatable bonds is 4. The fourth-order valence-corrected chi connectivity index (χ4v) is 2.50. The molecule has 2 rings (SSSR count). The van der Waals surface area contributed by atoms with E-state index < -0.39 is 0 Å². The van der Waals surface area contributed by atoms with Gasteiger partial charge in [-0.15, -0.1) is 0 Å². The molecule has 2 nitrogen and oxygen atoms in total. The van der Waals surface area contributed by atoms with Gasteiger partial charge in [0.2, 0.25) is 0 Å². The molecule has 0 spiro atoms. The van der Waals surface area contributed by atoms with Crippen molar-refractivity contribution in [3.63, 3.8) is 0 Å². The molecule has 0 saturated heterocycles. The van der Waals surface area contributed by atoms with Gasteiger partial charge in [-0.2, -0.15) is 5.10 Å². The molecular weight excluding hydrogens is 244 g/mol. The van der Waals surface area contributed by atoms with Crippen LogP contribution in [0.25, 0.3) is 5.69 Å². The van der Waals surface area contributed by atoms with Crippen molar-refractivity contribution >= 4 is 11.6 Å². The first-order valence-electron chi connectivity index (χ1n) is 6.47. The molecule has 0 fully saturated rings. The van der Waals surface area contributed by atoms with E-state index in [0.29, 0.717) is 5.92 Å². The summed E-state index contributed by atoms with van der Waals surface area (Å²) >= 11 is 6.12. The molecule has 1 heterocycles. The Labute approximate surface area is 114 Å². The second-order valence-corrected chi connectivity index (χ2v) is 5.05. The predicted octanol–water partition coefficient (Wildman–Crippen LogP) is 4.74. The number of hydrogen-bond acceptors (Lipinski definition) is 1. The summed E-state index contributed by atoms with van der Waals surface area (Å²) in [6, 6.07) is 8.11. The molecule has 0 unspecified atom stereocenters. The van der Waals surface area contributed by atoms with Gasteiger partial charge in [0.25, 0.3) is 0 Å². The highest BCUT2D eigenvalue weighted by Crippen LogP contribution is 2.30. The lowest BCUT2D eigenvalue weighted by molar-refractivity contribution is 0.634. The molecule has 1 aromatic carbocycles. The zero-order valence-corrected chi connectivity index (χ0v) is 11.9. The zero-order valence-electron chi connectivity index (χ0n) is 11.2. The monoisotopic (exact) mass is 262 g/mol. The average Bonchev–Trinajstić information content (AvgIpc) is 2.79. The second-order valence-electron chi connectivity index (χ2n) is 4.62. The first kappa shape index (κ1) is 13.2. The Morgan fingerprint density at radius 3 is 2.50 bits per heavy atom.